The third-order valence-corrected chi connectivity index (χ3v) is 8.59. The molecular formula is C27H30F3N5OS2. The highest BCUT2D eigenvalue weighted by molar-refractivity contribution is 7.99. The lowest BCUT2D eigenvalue weighted by molar-refractivity contribution is -0.137. The number of amidine groups is 1. The zero-order valence-electron chi connectivity index (χ0n) is 21.4. The van der Waals surface area contributed by atoms with Crippen molar-refractivity contribution in [1.82, 2.24) is 5.32 Å². The Hall–Kier alpha value is -3.18. The average Bonchev–Trinajstić information content (AvgIpc) is 3.37. The van der Waals surface area contributed by atoms with E-state index < -0.39 is 11.7 Å². The van der Waals surface area contributed by atoms with Gasteiger partial charge in [-0.25, -0.2) is 5.53 Å². The number of benzene rings is 2. The van der Waals surface area contributed by atoms with Crippen molar-refractivity contribution in [3.05, 3.63) is 75.0 Å². The van der Waals surface area contributed by atoms with Crippen molar-refractivity contribution in [2.24, 2.45) is 16.1 Å². The predicted molar refractivity (Wildman–Crippen MR) is 148 cm³/mol. The predicted octanol–water partition coefficient (Wildman–Crippen LogP) is 8.11. The molecule has 0 aliphatic heterocycles. The highest BCUT2D eigenvalue weighted by atomic mass is 32.2. The highest BCUT2D eigenvalue weighted by Crippen LogP contribution is 2.43. The van der Waals surface area contributed by atoms with E-state index in [1.807, 2.05) is 19.9 Å². The minimum absolute atomic E-state index is 0.0239. The number of hydrogen-bond acceptors (Lipinski definition) is 6. The molecule has 38 heavy (non-hydrogen) atoms. The van der Waals surface area contributed by atoms with E-state index in [2.05, 4.69) is 34.6 Å². The molecule has 3 rings (SSSR count). The van der Waals surface area contributed by atoms with Crippen LogP contribution in [0.5, 0.6) is 0 Å². The summed E-state index contributed by atoms with van der Waals surface area (Å²) in [5.41, 5.74) is 9.99. The number of nitrogens with one attached hydrogen (secondary N) is 2. The van der Waals surface area contributed by atoms with Crippen LogP contribution < -0.4 is 11.2 Å². The lowest BCUT2D eigenvalue weighted by Crippen LogP contribution is -2.28. The molecule has 0 aliphatic carbocycles. The molecule has 0 saturated carbocycles. The molecule has 0 aliphatic rings. The van der Waals surface area contributed by atoms with Gasteiger partial charge in [-0.05, 0) is 78.9 Å². The summed E-state index contributed by atoms with van der Waals surface area (Å²) in [5.74, 6) is 4.88. The van der Waals surface area contributed by atoms with Gasteiger partial charge < -0.3 is 11.2 Å². The molecule has 1 amide bonds. The molecule has 0 bridgehead atoms. The number of halogens is 3. The van der Waals surface area contributed by atoms with E-state index in [4.69, 9.17) is 11.4 Å². The summed E-state index contributed by atoms with van der Waals surface area (Å²) in [4.78, 5) is 15.3. The highest BCUT2D eigenvalue weighted by Gasteiger charge is 2.30. The van der Waals surface area contributed by atoms with Gasteiger partial charge in [0.2, 0.25) is 0 Å². The lowest BCUT2D eigenvalue weighted by atomic mass is 9.95. The van der Waals surface area contributed by atoms with Crippen LogP contribution in [-0.2, 0) is 6.18 Å². The fraction of sp³-hybridized carbons (Fsp3) is 0.333. The number of rotatable bonds is 10. The zero-order valence-corrected chi connectivity index (χ0v) is 23.0. The first-order chi connectivity index (χ1) is 18.1. The average molecular weight is 562 g/mol. The Labute approximate surface area is 228 Å². The van der Waals surface area contributed by atoms with Gasteiger partial charge in [-0.3, -0.25) is 4.79 Å². The SMILES string of the molecule is CCCCC(Sc1cc(C)c(-c2ccc(C(F)(F)F)cc2)c(C)c1)c1ccc(C(=O)NC/C(N=N)=N/N)s1. The number of nitrogens with two attached hydrogens (primary N) is 1. The fourth-order valence-corrected chi connectivity index (χ4v) is 6.62. The molecule has 1 atom stereocenters. The Kier molecular flexibility index (Phi) is 10.1. The van der Waals surface area contributed by atoms with E-state index in [9.17, 15) is 18.0 Å². The molecule has 0 fully saturated rings. The summed E-state index contributed by atoms with van der Waals surface area (Å²) in [6.07, 6.45) is -1.36. The van der Waals surface area contributed by atoms with Gasteiger partial charge in [0.15, 0.2) is 5.84 Å². The summed E-state index contributed by atoms with van der Waals surface area (Å²) >= 11 is 3.15. The number of amides is 1. The van der Waals surface area contributed by atoms with Gasteiger partial charge in [0.05, 0.1) is 17.0 Å². The summed E-state index contributed by atoms with van der Waals surface area (Å²) in [7, 11) is 0. The van der Waals surface area contributed by atoms with Crippen molar-refractivity contribution in [3.63, 3.8) is 0 Å². The van der Waals surface area contributed by atoms with Crippen LogP contribution in [0.2, 0.25) is 0 Å². The fourth-order valence-electron chi connectivity index (χ4n) is 4.09. The Morgan fingerprint density at radius 1 is 1.13 bits per heavy atom. The minimum atomic E-state index is -4.36. The molecule has 3 aromatic rings. The normalized spacial score (nSPS) is 12.8. The number of thiophene rings is 1. The first-order valence-electron chi connectivity index (χ1n) is 12.0. The van der Waals surface area contributed by atoms with Gasteiger partial charge >= 0.3 is 6.18 Å². The second kappa shape index (κ2) is 13.1. The molecule has 1 heterocycles. The van der Waals surface area contributed by atoms with Crippen molar-refractivity contribution < 1.29 is 18.0 Å². The zero-order chi connectivity index (χ0) is 27.9. The van der Waals surface area contributed by atoms with Gasteiger partial charge in [0, 0.05) is 15.0 Å². The monoisotopic (exact) mass is 561 g/mol. The number of alkyl halides is 3. The van der Waals surface area contributed by atoms with Crippen LogP contribution in [-0.4, -0.2) is 18.3 Å². The first-order valence-corrected chi connectivity index (χ1v) is 13.7. The first kappa shape index (κ1) is 29.4. The molecular weight excluding hydrogens is 531 g/mol. The van der Waals surface area contributed by atoms with E-state index in [1.54, 1.807) is 17.8 Å². The van der Waals surface area contributed by atoms with Crippen LogP contribution in [0.25, 0.3) is 11.1 Å². The molecule has 4 N–H and O–H groups in total. The molecule has 1 unspecified atom stereocenters. The number of hydrogen-bond donors (Lipinski definition) is 3. The van der Waals surface area contributed by atoms with E-state index in [0.717, 1.165) is 63.4 Å². The van der Waals surface area contributed by atoms with Crippen molar-refractivity contribution in [2.75, 3.05) is 6.54 Å². The Morgan fingerprint density at radius 2 is 1.79 bits per heavy atom. The van der Waals surface area contributed by atoms with Gasteiger partial charge in [-0.1, -0.05) is 31.9 Å². The number of aryl methyl sites for hydroxylation is 2. The van der Waals surface area contributed by atoms with E-state index in [0.29, 0.717) is 4.88 Å². The minimum Gasteiger partial charge on any atom is -0.344 e. The van der Waals surface area contributed by atoms with Crippen molar-refractivity contribution in [2.45, 2.75) is 56.4 Å². The third kappa shape index (κ3) is 7.44. The van der Waals surface area contributed by atoms with Crippen LogP contribution in [0, 0.1) is 19.4 Å². The number of unbranched alkanes of at least 4 members (excludes halogenated alkanes) is 1. The van der Waals surface area contributed by atoms with Crippen molar-refractivity contribution in [1.29, 1.82) is 5.53 Å². The van der Waals surface area contributed by atoms with Crippen LogP contribution in [0.4, 0.5) is 13.2 Å². The van der Waals surface area contributed by atoms with Gasteiger partial charge in [-0.15, -0.1) is 28.2 Å². The summed E-state index contributed by atoms with van der Waals surface area (Å²) < 4.78 is 39.0. The second-order valence-corrected chi connectivity index (χ2v) is 11.2. The Balaban J connectivity index is 1.81. The topological polar surface area (TPSA) is 104 Å². The van der Waals surface area contributed by atoms with E-state index in [1.165, 1.54) is 23.5 Å². The molecule has 11 heteroatoms. The maximum atomic E-state index is 13.0. The van der Waals surface area contributed by atoms with Gasteiger partial charge in [0.25, 0.3) is 5.91 Å². The van der Waals surface area contributed by atoms with E-state index in [-0.39, 0.29) is 23.5 Å². The summed E-state index contributed by atoms with van der Waals surface area (Å²) in [6, 6.07) is 13.2. The largest absolute Gasteiger partial charge is 0.416 e. The number of hydrazone groups is 1. The van der Waals surface area contributed by atoms with Crippen LogP contribution >= 0.6 is 23.1 Å². The maximum absolute atomic E-state index is 13.0. The van der Waals surface area contributed by atoms with Crippen molar-refractivity contribution >= 4 is 34.8 Å². The third-order valence-electron chi connectivity index (χ3n) is 5.96. The van der Waals surface area contributed by atoms with E-state index >= 15 is 0 Å². The Morgan fingerprint density at radius 3 is 2.34 bits per heavy atom. The second-order valence-electron chi connectivity index (χ2n) is 8.80. The Bertz CT molecular complexity index is 1280. The number of carbonyl (C=O) groups is 1. The summed E-state index contributed by atoms with van der Waals surface area (Å²) in [6.45, 7) is 6.06. The smallest absolute Gasteiger partial charge is 0.344 e. The molecule has 1 aromatic heterocycles. The molecule has 0 spiro atoms. The van der Waals surface area contributed by atoms with Gasteiger partial charge in [-0.2, -0.15) is 18.3 Å². The van der Waals surface area contributed by atoms with Gasteiger partial charge in [0.1, 0.15) is 0 Å². The lowest BCUT2D eigenvalue weighted by Gasteiger charge is -2.18. The molecule has 0 saturated heterocycles. The van der Waals surface area contributed by atoms with Crippen LogP contribution in [0.1, 0.15) is 62.7 Å². The maximum Gasteiger partial charge on any atom is 0.416 e. The van der Waals surface area contributed by atoms with Crippen LogP contribution in [0.15, 0.2) is 63.6 Å². The molecule has 2 aromatic carbocycles. The molecule has 0 radical (unpaired) electrons. The number of carbonyl (C=O) groups excluding carboxylic acids is 1. The summed E-state index contributed by atoms with van der Waals surface area (Å²) in [5, 5.41) is 9.31. The number of thioether (sulfide) groups is 1. The standard InChI is InChI=1S/C27H30F3N5OS2/c1-4-5-6-21(22-11-12-23(38-22)26(36)33-15-24(34-31)35-32)37-20-13-16(2)25(17(3)14-20)18-7-9-19(10-8-18)27(28,29)30/h7-14,21,31H,4-6,15,32H2,1-3H3,(H,33,36)/b34-31?,35-24-. The van der Waals surface area contributed by atoms with Crippen molar-refractivity contribution in [3.8, 4) is 11.1 Å². The molecule has 202 valence electrons. The quantitative estimate of drug-likeness (QED) is 0.0582. The van der Waals surface area contributed by atoms with Crippen LogP contribution in [0.3, 0.4) is 0 Å². The molecule has 6 nitrogen and oxygen atoms in total. The number of nitrogens with zero attached hydrogens (tertiary/aromatic N) is 2.